The van der Waals surface area contributed by atoms with Crippen molar-refractivity contribution in [3.63, 3.8) is 0 Å². The second-order valence-electron chi connectivity index (χ2n) is 5.59. The minimum Gasteiger partial charge on any atom is -0.378 e. The van der Waals surface area contributed by atoms with Gasteiger partial charge in [0.15, 0.2) is 0 Å². The number of carbonyl (C=O) groups is 1. The van der Waals surface area contributed by atoms with Gasteiger partial charge in [0, 0.05) is 31.2 Å². The number of hydrogen-bond donors (Lipinski definition) is 1. The maximum Gasteiger partial charge on any atom is 0.253 e. The van der Waals surface area contributed by atoms with Gasteiger partial charge in [-0.3, -0.25) is 9.78 Å². The molecule has 5 nitrogen and oxygen atoms in total. The van der Waals surface area contributed by atoms with Crippen molar-refractivity contribution in [2.24, 2.45) is 0 Å². The molecule has 1 atom stereocenters. The first-order valence-electron chi connectivity index (χ1n) is 7.88. The summed E-state index contributed by atoms with van der Waals surface area (Å²) >= 11 is 0. The number of nitrogens with one attached hydrogen (secondary N) is 1. The molecule has 3 rings (SSSR count). The molecule has 0 radical (unpaired) electrons. The average Bonchev–Trinajstić information content (AvgIpc) is 2.63. The average molecular weight is 311 g/mol. The number of para-hydroxylation sites is 1. The third-order valence-electron chi connectivity index (χ3n) is 4.05. The number of aromatic nitrogens is 1. The number of benzene rings is 1. The molecule has 120 valence electrons. The normalized spacial score (nSPS) is 16.0. The highest BCUT2D eigenvalue weighted by Crippen LogP contribution is 2.22. The Morgan fingerprint density at radius 1 is 1.17 bits per heavy atom. The largest absolute Gasteiger partial charge is 0.378 e. The fourth-order valence-electron chi connectivity index (χ4n) is 2.76. The molecule has 1 aromatic heterocycles. The van der Waals surface area contributed by atoms with Crippen molar-refractivity contribution >= 4 is 11.6 Å². The van der Waals surface area contributed by atoms with E-state index in [-0.39, 0.29) is 11.9 Å². The Morgan fingerprint density at radius 3 is 2.61 bits per heavy atom. The first-order valence-corrected chi connectivity index (χ1v) is 7.88. The van der Waals surface area contributed by atoms with Crippen molar-refractivity contribution < 1.29 is 9.53 Å². The molecule has 1 aliphatic heterocycles. The van der Waals surface area contributed by atoms with Gasteiger partial charge in [0.2, 0.25) is 0 Å². The molecule has 2 heterocycles. The minimum absolute atomic E-state index is 0.0589. The number of hydrogen-bond acceptors (Lipinski definition) is 4. The molecule has 1 aliphatic rings. The molecular weight excluding hydrogens is 290 g/mol. The molecule has 1 aromatic carbocycles. The summed E-state index contributed by atoms with van der Waals surface area (Å²) in [5, 5.41) is 3.07. The summed E-state index contributed by atoms with van der Waals surface area (Å²) in [6.07, 6.45) is 3.47. The van der Waals surface area contributed by atoms with E-state index in [0.29, 0.717) is 18.8 Å². The maximum absolute atomic E-state index is 12.7. The van der Waals surface area contributed by atoms with E-state index < -0.39 is 0 Å². The fraction of sp³-hybridized carbons (Fsp3) is 0.333. The van der Waals surface area contributed by atoms with Gasteiger partial charge in [-0.25, -0.2) is 0 Å². The topological polar surface area (TPSA) is 54.5 Å². The van der Waals surface area contributed by atoms with Crippen LogP contribution in [0.5, 0.6) is 0 Å². The lowest BCUT2D eigenvalue weighted by atomic mass is 10.1. The highest BCUT2D eigenvalue weighted by molar-refractivity contribution is 6.00. The van der Waals surface area contributed by atoms with E-state index in [4.69, 9.17) is 4.74 Å². The Kier molecular flexibility index (Phi) is 4.88. The number of anilines is 1. The third-order valence-corrected chi connectivity index (χ3v) is 4.05. The number of rotatable bonds is 4. The molecule has 5 heteroatoms. The summed E-state index contributed by atoms with van der Waals surface area (Å²) in [7, 11) is 0. The molecule has 0 saturated carbocycles. The number of amides is 1. The summed E-state index contributed by atoms with van der Waals surface area (Å²) in [5.41, 5.74) is 2.71. The summed E-state index contributed by atoms with van der Waals surface area (Å²) < 4.78 is 5.40. The molecule has 1 unspecified atom stereocenters. The molecule has 1 saturated heterocycles. The summed E-state index contributed by atoms with van der Waals surface area (Å²) in [4.78, 5) is 18.9. The van der Waals surface area contributed by atoms with Gasteiger partial charge >= 0.3 is 0 Å². The lowest BCUT2D eigenvalue weighted by Gasteiger charge is -2.30. The monoisotopic (exact) mass is 311 g/mol. The van der Waals surface area contributed by atoms with E-state index >= 15 is 0 Å². The van der Waals surface area contributed by atoms with Crippen LogP contribution >= 0.6 is 0 Å². The van der Waals surface area contributed by atoms with Crippen molar-refractivity contribution in [1.82, 2.24) is 10.3 Å². The third kappa shape index (κ3) is 3.68. The van der Waals surface area contributed by atoms with Gasteiger partial charge in [0.05, 0.1) is 24.8 Å². The number of carbonyl (C=O) groups excluding carboxylic acids is 1. The predicted molar refractivity (Wildman–Crippen MR) is 89.6 cm³/mol. The number of pyridine rings is 1. The quantitative estimate of drug-likeness (QED) is 0.942. The molecule has 0 spiro atoms. The van der Waals surface area contributed by atoms with Crippen molar-refractivity contribution in [2.45, 2.75) is 13.0 Å². The van der Waals surface area contributed by atoms with Gasteiger partial charge in [-0.1, -0.05) is 12.1 Å². The van der Waals surface area contributed by atoms with Crippen LogP contribution in [0.4, 0.5) is 5.69 Å². The van der Waals surface area contributed by atoms with Crippen molar-refractivity contribution in [3.8, 4) is 0 Å². The van der Waals surface area contributed by atoms with E-state index in [2.05, 4.69) is 15.2 Å². The van der Waals surface area contributed by atoms with Gasteiger partial charge in [0.1, 0.15) is 0 Å². The molecule has 1 amide bonds. The summed E-state index contributed by atoms with van der Waals surface area (Å²) in [6.45, 7) is 4.99. The number of ether oxygens (including phenoxy) is 1. The molecular formula is C18H21N3O2. The van der Waals surface area contributed by atoms with Crippen LogP contribution in [0.25, 0.3) is 0 Å². The molecule has 23 heavy (non-hydrogen) atoms. The van der Waals surface area contributed by atoms with Gasteiger partial charge < -0.3 is 15.0 Å². The van der Waals surface area contributed by atoms with Gasteiger partial charge in [-0.15, -0.1) is 0 Å². The summed E-state index contributed by atoms with van der Waals surface area (Å²) in [5.74, 6) is -0.0589. The Hall–Kier alpha value is -2.40. The van der Waals surface area contributed by atoms with Crippen molar-refractivity contribution in [3.05, 3.63) is 59.9 Å². The zero-order valence-corrected chi connectivity index (χ0v) is 13.2. The highest BCUT2D eigenvalue weighted by Gasteiger charge is 2.19. The molecule has 0 aliphatic carbocycles. The smallest absolute Gasteiger partial charge is 0.253 e. The number of morpholine rings is 1. The Morgan fingerprint density at radius 2 is 1.87 bits per heavy atom. The van der Waals surface area contributed by atoms with Crippen LogP contribution in [0, 0.1) is 0 Å². The summed E-state index contributed by atoms with van der Waals surface area (Å²) in [6, 6.07) is 11.5. The zero-order valence-electron chi connectivity index (χ0n) is 13.2. The SMILES string of the molecule is CC(NC(=O)c1ccccc1N1CCOCC1)c1ccncc1. The van der Waals surface area contributed by atoms with E-state index in [0.717, 1.165) is 24.3 Å². The lowest BCUT2D eigenvalue weighted by molar-refractivity contribution is 0.0938. The van der Waals surface area contributed by atoms with E-state index in [1.165, 1.54) is 0 Å². The lowest BCUT2D eigenvalue weighted by Crippen LogP contribution is -2.38. The van der Waals surface area contributed by atoms with E-state index in [9.17, 15) is 4.79 Å². The molecule has 2 aromatic rings. The van der Waals surface area contributed by atoms with Crippen LogP contribution < -0.4 is 10.2 Å². The Bertz CT molecular complexity index is 654. The van der Waals surface area contributed by atoms with Crippen LogP contribution in [-0.4, -0.2) is 37.2 Å². The van der Waals surface area contributed by atoms with Crippen molar-refractivity contribution in [2.75, 3.05) is 31.2 Å². The molecule has 1 fully saturated rings. The number of nitrogens with zero attached hydrogens (tertiary/aromatic N) is 2. The van der Waals surface area contributed by atoms with Gasteiger partial charge in [0.25, 0.3) is 5.91 Å². The van der Waals surface area contributed by atoms with Crippen LogP contribution in [0.2, 0.25) is 0 Å². The first-order chi connectivity index (χ1) is 11.3. The predicted octanol–water partition coefficient (Wildman–Crippen LogP) is 2.41. The Balaban J connectivity index is 1.77. The van der Waals surface area contributed by atoms with Crippen LogP contribution in [0.1, 0.15) is 28.9 Å². The highest BCUT2D eigenvalue weighted by atomic mass is 16.5. The van der Waals surface area contributed by atoms with Crippen LogP contribution in [0.3, 0.4) is 0 Å². The fourth-order valence-corrected chi connectivity index (χ4v) is 2.76. The van der Waals surface area contributed by atoms with Gasteiger partial charge in [-0.2, -0.15) is 0 Å². The standard InChI is InChI=1S/C18H21N3O2/c1-14(15-6-8-19-9-7-15)20-18(22)16-4-2-3-5-17(16)21-10-12-23-13-11-21/h2-9,14H,10-13H2,1H3,(H,20,22). The Labute approximate surface area is 136 Å². The van der Waals surface area contributed by atoms with Gasteiger partial charge in [-0.05, 0) is 36.8 Å². The second-order valence-corrected chi connectivity index (χ2v) is 5.59. The second kappa shape index (κ2) is 7.24. The molecule has 0 bridgehead atoms. The molecule has 1 N–H and O–H groups in total. The maximum atomic E-state index is 12.7. The van der Waals surface area contributed by atoms with Crippen LogP contribution in [0.15, 0.2) is 48.8 Å². The van der Waals surface area contributed by atoms with Crippen LogP contribution in [-0.2, 0) is 4.74 Å². The van der Waals surface area contributed by atoms with E-state index in [1.807, 2.05) is 43.3 Å². The zero-order chi connectivity index (χ0) is 16.1. The first kappa shape index (κ1) is 15.5. The minimum atomic E-state index is -0.0664. The van der Waals surface area contributed by atoms with E-state index in [1.54, 1.807) is 12.4 Å². The van der Waals surface area contributed by atoms with Crippen molar-refractivity contribution in [1.29, 1.82) is 0 Å².